The molecular formula is C16H27N5. The molecule has 0 radical (unpaired) electrons. The third-order valence-electron chi connectivity index (χ3n) is 5.17. The van der Waals surface area contributed by atoms with Crippen molar-refractivity contribution in [2.24, 2.45) is 5.92 Å². The highest BCUT2D eigenvalue weighted by molar-refractivity contribution is 5.56. The second-order valence-corrected chi connectivity index (χ2v) is 6.51. The Morgan fingerprint density at radius 2 is 2.05 bits per heavy atom. The fourth-order valence-corrected chi connectivity index (χ4v) is 3.88. The topological polar surface area (TPSA) is 58.3 Å². The summed E-state index contributed by atoms with van der Waals surface area (Å²) in [5.41, 5.74) is 7.11. The van der Waals surface area contributed by atoms with E-state index in [1.807, 2.05) is 6.92 Å². The third-order valence-corrected chi connectivity index (χ3v) is 5.17. The molecule has 3 heterocycles. The summed E-state index contributed by atoms with van der Waals surface area (Å²) in [6, 6.07) is 0.750. The molecule has 2 aliphatic rings. The van der Waals surface area contributed by atoms with E-state index in [0.29, 0.717) is 5.82 Å². The lowest BCUT2D eigenvalue weighted by Gasteiger charge is -2.46. The van der Waals surface area contributed by atoms with E-state index in [4.69, 9.17) is 10.7 Å². The molecule has 2 saturated heterocycles. The van der Waals surface area contributed by atoms with E-state index < -0.39 is 0 Å². The second-order valence-electron chi connectivity index (χ2n) is 6.51. The zero-order valence-corrected chi connectivity index (χ0v) is 13.5. The van der Waals surface area contributed by atoms with Gasteiger partial charge in [0.25, 0.3) is 0 Å². The lowest BCUT2D eigenvalue weighted by atomic mass is 9.84. The first-order valence-corrected chi connectivity index (χ1v) is 8.18. The van der Waals surface area contributed by atoms with Gasteiger partial charge < -0.3 is 15.5 Å². The summed E-state index contributed by atoms with van der Waals surface area (Å²) in [5, 5.41) is 0. The first kappa shape index (κ1) is 14.6. The Kier molecular flexibility index (Phi) is 4.02. The summed E-state index contributed by atoms with van der Waals surface area (Å²) >= 11 is 0. The molecule has 2 aliphatic heterocycles. The molecular weight excluding hydrogens is 262 g/mol. The number of hydrogen-bond donors (Lipinski definition) is 1. The van der Waals surface area contributed by atoms with Gasteiger partial charge in [-0.05, 0) is 45.7 Å². The Labute approximate surface area is 127 Å². The number of hydrogen-bond acceptors (Lipinski definition) is 5. The zero-order valence-electron chi connectivity index (χ0n) is 13.5. The summed E-state index contributed by atoms with van der Waals surface area (Å²) in [5.74, 6) is 3.32. The van der Waals surface area contributed by atoms with Gasteiger partial charge in [-0.15, -0.1) is 0 Å². The van der Waals surface area contributed by atoms with Gasteiger partial charge >= 0.3 is 0 Å². The minimum absolute atomic E-state index is 0.639. The first-order chi connectivity index (χ1) is 10.1. The van der Waals surface area contributed by atoms with E-state index in [0.717, 1.165) is 48.7 Å². The van der Waals surface area contributed by atoms with Gasteiger partial charge in [-0.1, -0.05) is 6.92 Å². The molecule has 1 aromatic rings. The van der Waals surface area contributed by atoms with Crippen molar-refractivity contribution in [3.63, 3.8) is 0 Å². The fraction of sp³-hybridized carbons (Fsp3) is 0.750. The SMILES string of the molecule is CCc1nc(N)c(C)c(N2CCC3C(CCCN3C)C2)n1. The van der Waals surface area contributed by atoms with Crippen LogP contribution < -0.4 is 10.6 Å². The maximum absolute atomic E-state index is 6.07. The Morgan fingerprint density at radius 1 is 1.24 bits per heavy atom. The van der Waals surface area contributed by atoms with Crippen LogP contribution in [0.25, 0.3) is 0 Å². The Hall–Kier alpha value is -1.36. The summed E-state index contributed by atoms with van der Waals surface area (Å²) in [6.07, 6.45) is 4.72. The van der Waals surface area contributed by atoms with E-state index in [1.165, 1.54) is 25.8 Å². The molecule has 21 heavy (non-hydrogen) atoms. The van der Waals surface area contributed by atoms with E-state index in [1.54, 1.807) is 0 Å². The minimum Gasteiger partial charge on any atom is -0.383 e. The van der Waals surface area contributed by atoms with Crippen molar-refractivity contribution in [2.45, 2.75) is 45.6 Å². The van der Waals surface area contributed by atoms with Gasteiger partial charge in [0.1, 0.15) is 17.5 Å². The van der Waals surface area contributed by atoms with Gasteiger partial charge in [0.2, 0.25) is 0 Å². The highest BCUT2D eigenvalue weighted by Gasteiger charge is 2.35. The van der Waals surface area contributed by atoms with Gasteiger partial charge in [0.05, 0.1) is 0 Å². The Balaban J connectivity index is 1.84. The lowest BCUT2D eigenvalue weighted by molar-refractivity contribution is 0.102. The van der Waals surface area contributed by atoms with E-state index in [9.17, 15) is 0 Å². The molecule has 0 aromatic carbocycles. The predicted octanol–water partition coefficient (Wildman–Crippen LogP) is 1.85. The van der Waals surface area contributed by atoms with Crippen LogP contribution in [0, 0.1) is 12.8 Å². The highest BCUT2D eigenvalue weighted by atomic mass is 15.2. The molecule has 0 amide bonds. The molecule has 0 spiro atoms. The number of aryl methyl sites for hydroxylation is 1. The maximum atomic E-state index is 6.07. The van der Waals surface area contributed by atoms with Crippen molar-refractivity contribution in [1.29, 1.82) is 0 Å². The molecule has 1 aromatic heterocycles. The number of aromatic nitrogens is 2. The number of nitrogens with zero attached hydrogens (tertiary/aromatic N) is 4. The molecule has 116 valence electrons. The smallest absolute Gasteiger partial charge is 0.137 e. The van der Waals surface area contributed by atoms with Crippen LogP contribution in [-0.2, 0) is 6.42 Å². The van der Waals surface area contributed by atoms with E-state index in [-0.39, 0.29) is 0 Å². The summed E-state index contributed by atoms with van der Waals surface area (Å²) in [7, 11) is 2.27. The van der Waals surface area contributed by atoms with E-state index >= 15 is 0 Å². The first-order valence-electron chi connectivity index (χ1n) is 8.18. The molecule has 0 saturated carbocycles. The Morgan fingerprint density at radius 3 is 2.81 bits per heavy atom. The molecule has 2 unspecified atom stereocenters. The maximum Gasteiger partial charge on any atom is 0.137 e. The molecule has 5 nitrogen and oxygen atoms in total. The number of fused-ring (bicyclic) bond motifs is 1. The number of anilines is 2. The van der Waals surface area contributed by atoms with Gasteiger partial charge in [-0.3, -0.25) is 0 Å². The van der Waals surface area contributed by atoms with Crippen molar-refractivity contribution < 1.29 is 0 Å². The van der Waals surface area contributed by atoms with Crippen molar-refractivity contribution in [3.8, 4) is 0 Å². The summed E-state index contributed by atoms with van der Waals surface area (Å²) in [6.45, 7) is 7.56. The molecule has 5 heteroatoms. The molecule has 2 N–H and O–H groups in total. The molecule has 0 aliphatic carbocycles. The van der Waals surface area contributed by atoms with Crippen LogP contribution in [0.5, 0.6) is 0 Å². The number of nitrogens with two attached hydrogens (primary N) is 1. The van der Waals surface area contributed by atoms with E-state index in [2.05, 4.69) is 28.8 Å². The second kappa shape index (κ2) is 5.79. The van der Waals surface area contributed by atoms with Gasteiger partial charge in [-0.2, -0.15) is 0 Å². The Bertz CT molecular complexity index is 516. The monoisotopic (exact) mass is 289 g/mol. The van der Waals surface area contributed by atoms with Crippen LogP contribution in [0.3, 0.4) is 0 Å². The third kappa shape index (κ3) is 2.71. The van der Waals surface area contributed by atoms with Crippen molar-refractivity contribution in [1.82, 2.24) is 14.9 Å². The standard InChI is InChI=1S/C16H27N5/c1-4-14-18-15(17)11(2)16(19-14)21-9-7-13-12(10-21)6-5-8-20(13)3/h12-13H,4-10H2,1-3H3,(H2,17,18,19). The van der Waals surface area contributed by atoms with Crippen molar-refractivity contribution in [3.05, 3.63) is 11.4 Å². The normalized spacial score (nSPS) is 26.7. The van der Waals surface area contributed by atoms with Crippen LogP contribution in [0.2, 0.25) is 0 Å². The quantitative estimate of drug-likeness (QED) is 0.900. The van der Waals surface area contributed by atoms with Crippen LogP contribution >= 0.6 is 0 Å². The number of rotatable bonds is 2. The fourth-order valence-electron chi connectivity index (χ4n) is 3.88. The average molecular weight is 289 g/mol. The van der Waals surface area contributed by atoms with Crippen LogP contribution in [0.4, 0.5) is 11.6 Å². The van der Waals surface area contributed by atoms with Crippen molar-refractivity contribution in [2.75, 3.05) is 37.3 Å². The molecule has 0 bridgehead atoms. The molecule has 2 fully saturated rings. The highest BCUT2D eigenvalue weighted by Crippen LogP contribution is 2.33. The van der Waals surface area contributed by atoms with Crippen LogP contribution in [0.15, 0.2) is 0 Å². The van der Waals surface area contributed by atoms with Gasteiger partial charge in [0.15, 0.2) is 0 Å². The van der Waals surface area contributed by atoms with Crippen LogP contribution in [0.1, 0.15) is 37.6 Å². The van der Waals surface area contributed by atoms with Gasteiger partial charge in [0, 0.05) is 31.1 Å². The molecule has 3 rings (SSSR count). The summed E-state index contributed by atoms with van der Waals surface area (Å²) < 4.78 is 0. The lowest BCUT2D eigenvalue weighted by Crippen LogP contribution is -2.53. The molecule has 2 atom stereocenters. The minimum atomic E-state index is 0.639. The van der Waals surface area contributed by atoms with Gasteiger partial charge in [-0.25, -0.2) is 9.97 Å². The largest absolute Gasteiger partial charge is 0.383 e. The zero-order chi connectivity index (χ0) is 15.0. The number of piperidine rings is 2. The summed E-state index contributed by atoms with van der Waals surface area (Å²) in [4.78, 5) is 14.1. The number of nitrogen functional groups attached to an aromatic ring is 1. The van der Waals surface area contributed by atoms with Crippen molar-refractivity contribution >= 4 is 11.6 Å². The number of likely N-dealkylation sites (tertiary alicyclic amines) is 1. The van der Waals surface area contributed by atoms with Crippen LogP contribution in [-0.4, -0.2) is 47.6 Å². The average Bonchev–Trinajstić information content (AvgIpc) is 2.49. The predicted molar refractivity (Wildman–Crippen MR) is 86.5 cm³/mol.